The molecule has 0 unspecified atom stereocenters. The monoisotopic (exact) mass is 261 g/mol. The van der Waals surface area contributed by atoms with Gasteiger partial charge in [-0.1, -0.05) is 42.5 Å². The van der Waals surface area contributed by atoms with Gasteiger partial charge in [0, 0.05) is 11.6 Å². The van der Waals surface area contributed by atoms with E-state index in [9.17, 15) is 0 Å². The minimum absolute atomic E-state index is 0.867. The predicted molar refractivity (Wildman–Crippen MR) is 83.7 cm³/mol. The number of fused-ring (bicyclic) bond motifs is 1. The molecule has 0 radical (unpaired) electrons. The fourth-order valence-corrected chi connectivity index (χ4v) is 2.19. The smallest absolute Gasteiger partial charge is 0.119 e. The van der Waals surface area contributed by atoms with Crippen LogP contribution in [0, 0.1) is 0 Å². The van der Waals surface area contributed by atoms with Crippen LogP contribution in [0.3, 0.4) is 0 Å². The molecule has 3 rings (SSSR count). The second-order valence-corrected chi connectivity index (χ2v) is 4.53. The molecule has 0 aliphatic heterocycles. The summed E-state index contributed by atoms with van der Waals surface area (Å²) in [6, 6.07) is 18.2. The minimum atomic E-state index is 0.867. The number of para-hydroxylation sites is 1. The molecule has 0 aliphatic carbocycles. The molecule has 0 spiro atoms. The van der Waals surface area contributed by atoms with Gasteiger partial charge >= 0.3 is 0 Å². The van der Waals surface area contributed by atoms with E-state index < -0.39 is 0 Å². The van der Waals surface area contributed by atoms with E-state index in [4.69, 9.17) is 4.74 Å². The van der Waals surface area contributed by atoms with Gasteiger partial charge in [-0.25, -0.2) is 0 Å². The zero-order valence-corrected chi connectivity index (χ0v) is 11.3. The van der Waals surface area contributed by atoms with Gasteiger partial charge in [-0.15, -0.1) is 0 Å². The second kappa shape index (κ2) is 5.57. The zero-order chi connectivity index (χ0) is 13.8. The summed E-state index contributed by atoms with van der Waals surface area (Å²) in [4.78, 5) is 4.37. The summed E-state index contributed by atoms with van der Waals surface area (Å²) in [6.45, 7) is 0. The van der Waals surface area contributed by atoms with Crippen molar-refractivity contribution in [2.75, 3.05) is 7.11 Å². The van der Waals surface area contributed by atoms with Gasteiger partial charge in [-0.05, 0) is 35.4 Å². The lowest BCUT2D eigenvalue weighted by molar-refractivity contribution is 0.414. The molecule has 0 amide bonds. The molecule has 0 N–H and O–H groups in total. The Morgan fingerprint density at radius 2 is 1.85 bits per heavy atom. The Balaban J connectivity index is 1.98. The predicted octanol–water partition coefficient (Wildman–Crippen LogP) is 4.41. The highest BCUT2D eigenvalue weighted by Crippen LogP contribution is 2.20. The van der Waals surface area contributed by atoms with Crippen molar-refractivity contribution < 1.29 is 4.74 Å². The molecule has 0 saturated carbocycles. The number of aromatic nitrogens is 1. The van der Waals surface area contributed by atoms with E-state index in [0.29, 0.717) is 0 Å². The first-order chi connectivity index (χ1) is 9.86. The average molecular weight is 261 g/mol. The summed E-state index contributed by atoms with van der Waals surface area (Å²) in [5, 5.41) is 1.16. The SMILES string of the molecule is COc1cccc(/C=C\c2ccnc3ccccc23)c1. The molecular weight excluding hydrogens is 246 g/mol. The Kier molecular flexibility index (Phi) is 3.46. The van der Waals surface area contributed by atoms with Crippen LogP contribution in [0.25, 0.3) is 23.1 Å². The number of hydrogen-bond acceptors (Lipinski definition) is 2. The lowest BCUT2D eigenvalue weighted by atomic mass is 10.1. The normalized spacial score (nSPS) is 11.1. The maximum atomic E-state index is 5.23. The van der Waals surface area contributed by atoms with E-state index in [0.717, 1.165) is 22.2 Å². The number of hydrogen-bond donors (Lipinski definition) is 0. The van der Waals surface area contributed by atoms with Crippen LogP contribution in [-0.2, 0) is 0 Å². The third kappa shape index (κ3) is 2.54. The third-order valence-electron chi connectivity index (χ3n) is 3.23. The summed E-state index contributed by atoms with van der Waals surface area (Å²) in [7, 11) is 1.68. The van der Waals surface area contributed by atoms with Crippen molar-refractivity contribution in [1.82, 2.24) is 4.98 Å². The molecule has 2 nitrogen and oxygen atoms in total. The van der Waals surface area contributed by atoms with Crippen LogP contribution in [0.1, 0.15) is 11.1 Å². The molecule has 98 valence electrons. The number of ether oxygens (including phenoxy) is 1. The summed E-state index contributed by atoms with van der Waals surface area (Å²) in [5.41, 5.74) is 3.30. The van der Waals surface area contributed by atoms with E-state index in [1.807, 2.05) is 48.7 Å². The van der Waals surface area contributed by atoms with Crippen LogP contribution in [0.15, 0.2) is 60.8 Å². The van der Waals surface area contributed by atoms with Crippen LogP contribution in [-0.4, -0.2) is 12.1 Å². The molecule has 20 heavy (non-hydrogen) atoms. The standard InChI is InChI=1S/C18H15NO/c1-20-16-6-4-5-14(13-16)9-10-15-11-12-19-18-8-3-2-7-17(15)18/h2-13H,1H3/b10-9-. The van der Waals surface area contributed by atoms with Crippen molar-refractivity contribution in [3.05, 3.63) is 71.9 Å². The van der Waals surface area contributed by atoms with Gasteiger partial charge in [0.05, 0.1) is 12.6 Å². The molecule has 1 aromatic heterocycles. The second-order valence-electron chi connectivity index (χ2n) is 4.53. The van der Waals surface area contributed by atoms with Crippen molar-refractivity contribution in [3.8, 4) is 5.75 Å². The first-order valence-corrected chi connectivity index (χ1v) is 6.53. The highest BCUT2D eigenvalue weighted by molar-refractivity contribution is 5.90. The van der Waals surface area contributed by atoms with E-state index in [-0.39, 0.29) is 0 Å². The molecule has 2 heteroatoms. The number of benzene rings is 2. The average Bonchev–Trinajstić information content (AvgIpc) is 2.53. The maximum Gasteiger partial charge on any atom is 0.119 e. The molecule has 0 aliphatic rings. The Bertz CT molecular complexity index is 757. The van der Waals surface area contributed by atoms with Gasteiger partial charge in [0.15, 0.2) is 0 Å². The maximum absolute atomic E-state index is 5.23. The van der Waals surface area contributed by atoms with Crippen molar-refractivity contribution in [2.45, 2.75) is 0 Å². The minimum Gasteiger partial charge on any atom is -0.497 e. The van der Waals surface area contributed by atoms with Crippen LogP contribution in [0.5, 0.6) is 5.75 Å². The summed E-state index contributed by atoms with van der Waals surface area (Å²) in [6.07, 6.45) is 6.04. The highest BCUT2D eigenvalue weighted by Gasteiger charge is 1.98. The Morgan fingerprint density at radius 1 is 0.950 bits per heavy atom. The Morgan fingerprint density at radius 3 is 2.75 bits per heavy atom. The number of nitrogens with zero attached hydrogens (tertiary/aromatic N) is 1. The first kappa shape index (κ1) is 12.4. The quantitative estimate of drug-likeness (QED) is 0.696. The molecule has 0 atom stereocenters. The largest absolute Gasteiger partial charge is 0.497 e. The first-order valence-electron chi connectivity index (χ1n) is 6.53. The summed E-state index contributed by atoms with van der Waals surface area (Å²) >= 11 is 0. The molecule has 0 fully saturated rings. The number of rotatable bonds is 3. The van der Waals surface area contributed by atoms with Gasteiger partial charge in [0.2, 0.25) is 0 Å². The zero-order valence-electron chi connectivity index (χ0n) is 11.3. The van der Waals surface area contributed by atoms with E-state index in [1.54, 1.807) is 7.11 Å². The Labute approximate surface area is 118 Å². The molecule has 0 bridgehead atoms. The molecule has 1 heterocycles. The van der Waals surface area contributed by atoms with Crippen molar-refractivity contribution in [2.24, 2.45) is 0 Å². The van der Waals surface area contributed by atoms with E-state index in [2.05, 4.69) is 29.3 Å². The van der Waals surface area contributed by atoms with Gasteiger partial charge in [-0.3, -0.25) is 4.98 Å². The lowest BCUT2D eigenvalue weighted by Crippen LogP contribution is -1.83. The van der Waals surface area contributed by atoms with Crippen molar-refractivity contribution >= 4 is 23.1 Å². The van der Waals surface area contributed by atoms with Gasteiger partial charge < -0.3 is 4.74 Å². The van der Waals surface area contributed by atoms with Crippen LogP contribution >= 0.6 is 0 Å². The van der Waals surface area contributed by atoms with Crippen molar-refractivity contribution in [3.63, 3.8) is 0 Å². The topological polar surface area (TPSA) is 22.1 Å². The third-order valence-corrected chi connectivity index (χ3v) is 3.23. The van der Waals surface area contributed by atoms with E-state index in [1.165, 1.54) is 5.56 Å². The van der Waals surface area contributed by atoms with Gasteiger partial charge in [0.1, 0.15) is 5.75 Å². The highest BCUT2D eigenvalue weighted by atomic mass is 16.5. The fourth-order valence-electron chi connectivity index (χ4n) is 2.19. The summed E-state index contributed by atoms with van der Waals surface area (Å²) in [5.74, 6) is 0.867. The lowest BCUT2D eigenvalue weighted by Gasteiger charge is -2.02. The number of methoxy groups -OCH3 is 1. The van der Waals surface area contributed by atoms with Crippen LogP contribution in [0.2, 0.25) is 0 Å². The molecule has 2 aromatic carbocycles. The summed E-state index contributed by atoms with van der Waals surface area (Å²) < 4.78 is 5.23. The number of pyridine rings is 1. The van der Waals surface area contributed by atoms with Crippen LogP contribution < -0.4 is 4.74 Å². The Hall–Kier alpha value is -2.61. The van der Waals surface area contributed by atoms with E-state index >= 15 is 0 Å². The van der Waals surface area contributed by atoms with Crippen molar-refractivity contribution in [1.29, 1.82) is 0 Å². The fraction of sp³-hybridized carbons (Fsp3) is 0.0556. The molecule has 3 aromatic rings. The van der Waals surface area contributed by atoms with Crippen LogP contribution in [0.4, 0.5) is 0 Å². The van der Waals surface area contributed by atoms with Gasteiger partial charge in [-0.2, -0.15) is 0 Å². The molecular formula is C18H15NO. The molecule has 0 saturated heterocycles. The van der Waals surface area contributed by atoms with Gasteiger partial charge in [0.25, 0.3) is 0 Å².